The van der Waals surface area contributed by atoms with Crippen LogP contribution in [0.5, 0.6) is 5.75 Å². The first-order chi connectivity index (χ1) is 11.6. The predicted molar refractivity (Wildman–Crippen MR) is 93.9 cm³/mol. The molecule has 0 aliphatic heterocycles. The fourth-order valence-electron chi connectivity index (χ4n) is 2.33. The molecule has 0 radical (unpaired) electrons. The molecule has 2 aromatic carbocycles. The van der Waals surface area contributed by atoms with Gasteiger partial charge < -0.3 is 10.5 Å². The van der Waals surface area contributed by atoms with Crippen LogP contribution in [0.1, 0.15) is 19.3 Å². The van der Waals surface area contributed by atoms with Crippen molar-refractivity contribution in [1.82, 2.24) is 0 Å². The number of rotatable bonds is 8. The lowest BCUT2D eigenvalue weighted by Gasteiger charge is -2.12. The molecule has 0 atom stereocenters. The Hall–Kier alpha value is -1.88. The van der Waals surface area contributed by atoms with Gasteiger partial charge in [0, 0.05) is 17.1 Å². The number of nitrogens with two attached hydrogens (primary N) is 1. The van der Waals surface area contributed by atoms with Crippen molar-refractivity contribution in [3.05, 3.63) is 30.3 Å². The number of unbranched alkanes of at least 4 members (excludes halogenated alkanes) is 2. The standard InChI is InChI=1S/C15H19NO7S2/c16-12-5-4-11-8-13(25(20,21)22)10-15(14(11)9-12)23-6-2-1-3-7-24(17,18)19/h4-5,8-10H,1-3,6-7,16H2,(H,17,18,19)(H,20,21,22). The van der Waals surface area contributed by atoms with E-state index in [1.807, 2.05) is 0 Å². The van der Waals surface area contributed by atoms with E-state index < -0.39 is 20.2 Å². The molecule has 138 valence electrons. The number of ether oxygens (including phenoxy) is 1. The van der Waals surface area contributed by atoms with Crippen LogP contribution < -0.4 is 10.5 Å². The highest BCUT2D eigenvalue weighted by atomic mass is 32.2. The molecule has 0 bridgehead atoms. The molecule has 0 aliphatic carbocycles. The van der Waals surface area contributed by atoms with E-state index in [1.165, 1.54) is 12.1 Å². The molecule has 10 heteroatoms. The highest BCUT2D eigenvalue weighted by molar-refractivity contribution is 7.86. The second-order valence-electron chi connectivity index (χ2n) is 5.57. The third-order valence-corrected chi connectivity index (χ3v) is 5.15. The third kappa shape index (κ3) is 5.85. The van der Waals surface area contributed by atoms with Gasteiger partial charge in [-0.05, 0) is 42.8 Å². The average Bonchev–Trinajstić information content (AvgIpc) is 2.48. The van der Waals surface area contributed by atoms with Crippen LogP contribution in [-0.2, 0) is 20.2 Å². The summed E-state index contributed by atoms with van der Waals surface area (Å²) < 4.78 is 67.6. The van der Waals surface area contributed by atoms with Gasteiger partial charge in [-0.1, -0.05) is 6.07 Å². The molecule has 4 N–H and O–H groups in total. The van der Waals surface area contributed by atoms with Crippen LogP contribution in [0.25, 0.3) is 10.8 Å². The molecule has 0 saturated heterocycles. The molecule has 0 aliphatic rings. The lowest BCUT2D eigenvalue weighted by atomic mass is 10.1. The Labute approximate surface area is 146 Å². The van der Waals surface area contributed by atoms with Crippen LogP contribution in [0.2, 0.25) is 0 Å². The zero-order valence-electron chi connectivity index (χ0n) is 13.3. The molecular formula is C15H19NO7S2. The van der Waals surface area contributed by atoms with Crippen molar-refractivity contribution in [2.24, 2.45) is 0 Å². The van der Waals surface area contributed by atoms with E-state index in [-0.39, 0.29) is 23.0 Å². The SMILES string of the molecule is Nc1ccc2cc(S(=O)(=O)O)cc(OCCCCCS(=O)(=O)O)c2c1. The van der Waals surface area contributed by atoms with Crippen molar-refractivity contribution < 1.29 is 30.7 Å². The minimum absolute atomic E-state index is 0.213. The molecule has 2 rings (SSSR count). The predicted octanol–water partition coefficient (Wildman–Crippen LogP) is 2.11. The van der Waals surface area contributed by atoms with Crippen LogP contribution in [0.3, 0.4) is 0 Å². The quantitative estimate of drug-likeness (QED) is 0.354. The Bertz CT molecular complexity index is 969. The van der Waals surface area contributed by atoms with Gasteiger partial charge in [0.1, 0.15) is 5.75 Å². The maximum Gasteiger partial charge on any atom is 0.294 e. The summed E-state index contributed by atoms with van der Waals surface area (Å²) in [6.45, 7) is 0.213. The summed E-state index contributed by atoms with van der Waals surface area (Å²) in [5.41, 5.74) is 6.22. The lowest BCUT2D eigenvalue weighted by molar-refractivity contribution is 0.308. The maximum atomic E-state index is 11.4. The molecule has 0 heterocycles. The fourth-order valence-corrected chi connectivity index (χ4v) is 3.43. The van der Waals surface area contributed by atoms with Crippen molar-refractivity contribution in [2.45, 2.75) is 24.2 Å². The average molecular weight is 389 g/mol. The zero-order chi connectivity index (χ0) is 18.7. The first-order valence-electron chi connectivity index (χ1n) is 7.45. The highest BCUT2D eigenvalue weighted by Gasteiger charge is 2.14. The molecule has 0 fully saturated rings. The summed E-state index contributed by atoms with van der Waals surface area (Å²) in [6, 6.07) is 7.41. The van der Waals surface area contributed by atoms with E-state index >= 15 is 0 Å². The van der Waals surface area contributed by atoms with E-state index in [0.717, 1.165) is 0 Å². The first kappa shape index (κ1) is 19.4. The van der Waals surface area contributed by atoms with Crippen LogP contribution >= 0.6 is 0 Å². The molecule has 0 saturated carbocycles. The minimum atomic E-state index is -4.39. The lowest BCUT2D eigenvalue weighted by Crippen LogP contribution is -2.05. The van der Waals surface area contributed by atoms with Gasteiger partial charge in [-0.15, -0.1) is 0 Å². The summed E-state index contributed by atoms with van der Waals surface area (Å²) in [6.07, 6.45) is 1.31. The number of fused-ring (bicyclic) bond motifs is 1. The molecule has 0 spiro atoms. The van der Waals surface area contributed by atoms with E-state index in [1.54, 1.807) is 18.2 Å². The number of hydrogen-bond donors (Lipinski definition) is 3. The Morgan fingerprint density at radius 3 is 2.32 bits per heavy atom. The van der Waals surface area contributed by atoms with Gasteiger partial charge in [0.2, 0.25) is 0 Å². The van der Waals surface area contributed by atoms with Gasteiger partial charge in [0.05, 0.1) is 17.3 Å². The molecule has 25 heavy (non-hydrogen) atoms. The third-order valence-electron chi connectivity index (χ3n) is 3.52. The zero-order valence-corrected chi connectivity index (χ0v) is 14.9. The van der Waals surface area contributed by atoms with Crippen molar-refractivity contribution in [2.75, 3.05) is 18.1 Å². The van der Waals surface area contributed by atoms with E-state index in [2.05, 4.69) is 0 Å². The smallest absolute Gasteiger partial charge is 0.294 e. The summed E-state index contributed by atoms with van der Waals surface area (Å²) >= 11 is 0. The number of hydrogen-bond acceptors (Lipinski definition) is 6. The summed E-state index contributed by atoms with van der Waals surface area (Å²) in [5, 5.41) is 1.15. The van der Waals surface area contributed by atoms with Crippen molar-refractivity contribution in [3.63, 3.8) is 0 Å². The molecular weight excluding hydrogens is 370 g/mol. The first-order valence-corrected chi connectivity index (χ1v) is 10.5. The molecule has 0 amide bonds. The normalized spacial score (nSPS) is 12.4. The molecule has 2 aromatic rings. The minimum Gasteiger partial charge on any atom is -0.493 e. The monoisotopic (exact) mass is 389 g/mol. The van der Waals surface area contributed by atoms with Crippen LogP contribution in [0.4, 0.5) is 5.69 Å². The van der Waals surface area contributed by atoms with Gasteiger partial charge in [-0.3, -0.25) is 9.11 Å². The van der Waals surface area contributed by atoms with Gasteiger partial charge in [-0.25, -0.2) is 0 Å². The van der Waals surface area contributed by atoms with E-state index in [4.69, 9.17) is 15.0 Å². The number of benzene rings is 2. The van der Waals surface area contributed by atoms with Crippen molar-refractivity contribution in [1.29, 1.82) is 0 Å². The summed E-state index contributed by atoms with van der Waals surface area (Å²) in [4.78, 5) is -0.286. The Morgan fingerprint density at radius 1 is 0.960 bits per heavy atom. The van der Waals surface area contributed by atoms with Gasteiger partial charge in [0.15, 0.2) is 0 Å². The summed E-state index contributed by atoms with van der Waals surface area (Å²) in [7, 11) is -8.36. The van der Waals surface area contributed by atoms with Gasteiger partial charge >= 0.3 is 0 Å². The van der Waals surface area contributed by atoms with Crippen molar-refractivity contribution >= 4 is 36.7 Å². The Morgan fingerprint density at radius 2 is 1.68 bits per heavy atom. The molecule has 0 unspecified atom stereocenters. The Kier molecular flexibility index (Phi) is 5.88. The second kappa shape index (κ2) is 7.56. The largest absolute Gasteiger partial charge is 0.493 e. The summed E-state index contributed by atoms with van der Waals surface area (Å²) in [5.74, 6) is -0.0581. The van der Waals surface area contributed by atoms with Gasteiger partial charge in [0.25, 0.3) is 20.2 Å². The second-order valence-corrected chi connectivity index (χ2v) is 8.57. The number of nitrogen functional groups attached to an aromatic ring is 1. The maximum absolute atomic E-state index is 11.4. The molecule has 8 nitrogen and oxygen atoms in total. The Balaban J connectivity index is 2.14. The number of anilines is 1. The van der Waals surface area contributed by atoms with E-state index in [0.29, 0.717) is 35.7 Å². The van der Waals surface area contributed by atoms with E-state index in [9.17, 15) is 21.4 Å². The fraction of sp³-hybridized carbons (Fsp3) is 0.333. The molecule has 0 aromatic heterocycles. The van der Waals surface area contributed by atoms with Crippen LogP contribution in [0, 0.1) is 0 Å². The topological polar surface area (TPSA) is 144 Å². The van der Waals surface area contributed by atoms with Crippen molar-refractivity contribution in [3.8, 4) is 5.75 Å². The van der Waals surface area contributed by atoms with Crippen LogP contribution in [0.15, 0.2) is 35.2 Å². The van der Waals surface area contributed by atoms with Crippen LogP contribution in [-0.4, -0.2) is 38.3 Å². The van der Waals surface area contributed by atoms with Gasteiger partial charge in [-0.2, -0.15) is 16.8 Å². The highest BCUT2D eigenvalue weighted by Crippen LogP contribution is 2.31.